The summed E-state index contributed by atoms with van der Waals surface area (Å²) < 4.78 is 0. The van der Waals surface area contributed by atoms with Gasteiger partial charge in [0.15, 0.2) is 0 Å². The van der Waals surface area contributed by atoms with Gasteiger partial charge in [-0.3, -0.25) is 0 Å². The Morgan fingerprint density at radius 1 is 1.33 bits per heavy atom. The summed E-state index contributed by atoms with van der Waals surface area (Å²) in [6.07, 6.45) is 5.46. The third kappa shape index (κ3) is 6.99. The highest BCUT2D eigenvalue weighted by Crippen LogP contribution is 2.17. The molecule has 2 N–H and O–H groups in total. The molecule has 0 heterocycles. The van der Waals surface area contributed by atoms with E-state index in [1.54, 1.807) is 0 Å². The van der Waals surface area contributed by atoms with Gasteiger partial charge in [0.05, 0.1) is 0 Å². The first-order chi connectivity index (χ1) is 5.85. The van der Waals surface area contributed by atoms with E-state index in [-0.39, 0.29) is 0 Å². The summed E-state index contributed by atoms with van der Waals surface area (Å²) >= 11 is 2.01. The molecule has 0 aromatic rings. The Hall–Kier alpha value is 0.310. The Balaban J connectivity index is 3.26. The SMILES string of the molecule is CCCCC(CC)CSCCN. The Morgan fingerprint density at radius 3 is 2.58 bits per heavy atom. The van der Waals surface area contributed by atoms with Crippen LogP contribution in [-0.4, -0.2) is 18.1 Å². The van der Waals surface area contributed by atoms with E-state index < -0.39 is 0 Å². The normalized spacial score (nSPS) is 13.2. The van der Waals surface area contributed by atoms with Gasteiger partial charge in [-0.05, 0) is 18.1 Å². The van der Waals surface area contributed by atoms with Gasteiger partial charge in [0.2, 0.25) is 0 Å². The van der Waals surface area contributed by atoms with Crippen LogP contribution in [0.15, 0.2) is 0 Å². The molecule has 1 nitrogen and oxygen atoms in total. The third-order valence-corrected chi connectivity index (χ3v) is 3.39. The summed E-state index contributed by atoms with van der Waals surface area (Å²) in [5, 5.41) is 0. The molecule has 0 radical (unpaired) electrons. The van der Waals surface area contributed by atoms with Gasteiger partial charge in [-0.1, -0.05) is 33.1 Å². The highest BCUT2D eigenvalue weighted by molar-refractivity contribution is 7.99. The predicted molar refractivity (Wildman–Crippen MR) is 59.7 cm³/mol. The highest BCUT2D eigenvalue weighted by Gasteiger charge is 2.04. The molecule has 0 fully saturated rings. The lowest BCUT2D eigenvalue weighted by Crippen LogP contribution is -2.06. The van der Waals surface area contributed by atoms with Crippen LogP contribution in [0.2, 0.25) is 0 Å². The molecule has 0 aliphatic heterocycles. The van der Waals surface area contributed by atoms with E-state index in [4.69, 9.17) is 5.73 Å². The Labute approximate surface area is 81.5 Å². The topological polar surface area (TPSA) is 26.0 Å². The number of hydrogen-bond donors (Lipinski definition) is 1. The van der Waals surface area contributed by atoms with Crippen LogP contribution in [0, 0.1) is 5.92 Å². The summed E-state index contributed by atoms with van der Waals surface area (Å²) in [5.41, 5.74) is 5.44. The monoisotopic (exact) mass is 189 g/mol. The minimum Gasteiger partial charge on any atom is -0.330 e. The van der Waals surface area contributed by atoms with E-state index in [0.717, 1.165) is 18.2 Å². The smallest absolute Gasteiger partial charge is 0.00559 e. The molecule has 12 heavy (non-hydrogen) atoms. The molecule has 0 saturated heterocycles. The van der Waals surface area contributed by atoms with Crippen molar-refractivity contribution < 1.29 is 0 Å². The van der Waals surface area contributed by atoms with E-state index in [1.165, 1.54) is 31.4 Å². The zero-order chi connectivity index (χ0) is 9.23. The number of hydrogen-bond acceptors (Lipinski definition) is 2. The van der Waals surface area contributed by atoms with E-state index in [9.17, 15) is 0 Å². The molecule has 2 heteroatoms. The summed E-state index contributed by atoms with van der Waals surface area (Å²) in [6.45, 7) is 5.39. The minimum atomic E-state index is 0.828. The van der Waals surface area contributed by atoms with Crippen molar-refractivity contribution >= 4 is 11.8 Å². The van der Waals surface area contributed by atoms with Crippen LogP contribution in [0.1, 0.15) is 39.5 Å². The van der Waals surface area contributed by atoms with Gasteiger partial charge in [0.25, 0.3) is 0 Å². The minimum absolute atomic E-state index is 0.828. The van der Waals surface area contributed by atoms with Crippen LogP contribution >= 0.6 is 11.8 Å². The molecule has 0 amide bonds. The Kier molecular flexibility index (Phi) is 9.64. The second-order valence-corrected chi connectivity index (χ2v) is 4.43. The maximum Gasteiger partial charge on any atom is 0.00559 e. The zero-order valence-electron chi connectivity index (χ0n) is 8.51. The lowest BCUT2D eigenvalue weighted by atomic mass is 10.0. The quantitative estimate of drug-likeness (QED) is 0.594. The molecular weight excluding hydrogens is 166 g/mol. The van der Waals surface area contributed by atoms with Gasteiger partial charge in [-0.15, -0.1) is 0 Å². The van der Waals surface area contributed by atoms with Crippen LogP contribution in [0.3, 0.4) is 0 Å². The fourth-order valence-corrected chi connectivity index (χ4v) is 2.30. The second kappa shape index (κ2) is 9.40. The van der Waals surface area contributed by atoms with E-state index in [0.29, 0.717) is 0 Å². The largest absolute Gasteiger partial charge is 0.330 e. The Morgan fingerprint density at radius 2 is 2.08 bits per heavy atom. The second-order valence-electron chi connectivity index (χ2n) is 3.28. The molecule has 1 unspecified atom stereocenters. The standard InChI is InChI=1S/C10H23NS/c1-3-5-6-10(4-2)9-12-8-7-11/h10H,3-9,11H2,1-2H3. The maximum absolute atomic E-state index is 5.44. The molecule has 1 atom stereocenters. The lowest BCUT2D eigenvalue weighted by Gasteiger charge is -2.12. The molecule has 0 bridgehead atoms. The predicted octanol–water partition coefficient (Wildman–Crippen LogP) is 2.89. The first-order valence-electron chi connectivity index (χ1n) is 5.12. The van der Waals surface area contributed by atoms with Crippen LogP contribution < -0.4 is 5.73 Å². The average molecular weight is 189 g/mol. The highest BCUT2D eigenvalue weighted by atomic mass is 32.2. The zero-order valence-corrected chi connectivity index (χ0v) is 9.33. The molecule has 0 aliphatic rings. The van der Waals surface area contributed by atoms with E-state index in [1.807, 2.05) is 11.8 Å². The summed E-state index contributed by atoms with van der Waals surface area (Å²) in [7, 11) is 0. The van der Waals surface area contributed by atoms with E-state index >= 15 is 0 Å². The third-order valence-electron chi connectivity index (χ3n) is 2.16. The van der Waals surface area contributed by atoms with Crippen molar-refractivity contribution in [2.75, 3.05) is 18.1 Å². The molecule has 0 aromatic heterocycles. The van der Waals surface area contributed by atoms with Crippen molar-refractivity contribution in [3.05, 3.63) is 0 Å². The Bertz CT molecular complexity index is 85.9. The number of unbranched alkanes of at least 4 members (excludes halogenated alkanes) is 1. The van der Waals surface area contributed by atoms with Crippen molar-refractivity contribution in [2.24, 2.45) is 11.7 Å². The number of thioether (sulfide) groups is 1. The van der Waals surface area contributed by atoms with Crippen molar-refractivity contribution in [1.82, 2.24) is 0 Å². The van der Waals surface area contributed by atoms with Crippen molar-refractivity contribution in [2.45, 2.75) is 39.5 Å². The van der Waals surface area contributed by atoms with Gasteiger partial charge < -0.3 is 5.73 Å². The summed E-state index contributed by atoms with van der Waals surface area (Å²) in [6, 6.07) is 0. The maximum atomic E-state index is 5.44. The molecule has 0 aromatic carbocycles. The molecule has 0 saturated carbocycles. The van der Waals surface area contributed by atoms with Crippen LogP contribution in [-0.2, 0) is 0 Å². The van der Waals surface area contributed by atoms with E-state index in [2.05, 4.69) is 13.8 Å². The summed E-state index contributed by atoms with van der Waals surface area (Å²) in [4.78, 5) is 0. The molecule has 0 rings (SSSR count). The lowest BCUT2D eigenvalue weighted by molar-refractivity contribution is 0.499. The van der Waals surface area contributed by atoms with Crippen molar-refractivity contribution in [3.8, 4) is 0 Å². The molecule has 0 spiro atoms. The van der Waals surface area contributed by atoms with Gasteiger partial charge in [-0.25, -0.2) is 0 Å². The van der Waals surface area contributed by atoms with Gasteiger partial charge >= 0.3 is 0 Å². The van der Waals surface area contributed by atoms with Crippen LogP contribution in [0.25, 0.3) is 0 Å². The van der Waals surface area contributed by atoms with Gasteiger partial charge in [0.1, 0.15) is 0 Å². The molecular formula is C10H23NS. The van der Waals surface area contributed by atoms with Crippen LogP contribution in [0.5, 0.6) is 0 Å². The number of nitrogens with two attached hydrogens (primary N) is 1. The molecule has 0 aliphatic carbocycles. The summed E-state index contributed by atoms with van der Waals surface area (Å²) in [5.74, 6) is 3.37. The van der Waals surface area contributed by atoms with Crippen molar-refractivity contribution in [3.63, 3.8) is 0 Å². The first kappa shape index (κ1) is 12.3. The fourth-order valence-electron chi connectivity index (χ4n) is 1.23. The van der Waals surface area contributed by atoms with Crippen LogP contribution in [0.4, 0.5) is 0 Å². The van der Waals surface area contributed by atoms with Crippen molar-refractivity contribution in [1.29, 1.82) is 0 Å². The first-order valence-corrected chi connectivity index (χ1v) is 6.28. The number of rotatable bonds is 8. The average Bonchev–Trinajstić information content (AvgIpc) is 2.11. The molecule has 74 valence electrons. The van der Waals surface area contributed by atoms with Gasteiger partial charge in [-0.2, -0.15) is 11.8 Å². The fraction of sp³-hybridized carbons (Fsp3) is 1.00. The van der Waals surface area contributed by atoms with Gasteiger partial charge in [0, 0.05) is 12.3 Å².